The van der Waals surface area contributed by atoms with Crippen molar-refractivity contribution in [1.82, 2.24) is 0 Å². The Hall–Kier alpha value is -2.14. The van der Waals surface area contributed by atoms with Gasteiger partial charge in [0.25, 0.3) is 5.91 Å². The van der Waals surface area contributed by atoms with E-state index in [1.807, 2.05) is 42.5 Å². The molecule has 0 aromatic heterocycles. The van der Waals surface area contributed by atoms with Gasteiger partial charge in [0.05, 0.1) is 5.97 Å². The van der Waals surface area contributed by atoms with E-state index in [1.54, 1.807) is 0 Å². The van der Waals surface area contributed by atoms with Crippen molar-refractivity contribution in [3.8, 4) is 0 Å². The SMILES string of the molecule is O=C([O-])c1ccc(C(=O)Nc2cccc3ccccc23)cc1.[Na+]. The van der Waals surface area contributed by atoms with Crippen molar-refractivity contribution in [2.45, 2.75) is 0 Å². The summed E-state index contributed by atoms with van der Waals surface area (Å²) < 4.78 is 0. The topological polar surface area (TPSA) is 69.2 Å². The predicted octanol–water partition coefficient (Wildman–Crippen LogP) is -0.540. The average molecular weight is 313 g/mol. The summed E-state index contributed by atoms with van der Waals surface area (Å²) >= 11 is 0. The van der Waals surface area contributed by atoms with Gasteiger partial charge in [-0.2, -0.15) is 0 Å². The maximum absolute atomic E-state index is 12.3. The van der Waals surface area contributed by atoms with E-state index in [4.69, 9.17) is 0 Å². The molecular formula is C18H12NNaO3. The van der Waals surface area contributed by atoms with Crippen LogP contribution in [0.2, 0.25) is 0 Å². The van der Waals surface area contributed by atoms with E-state index in [2.05, 4.69) is 5.32 Å². The van der Waals surface area contributed by atoms with Gasteiger partial charge in [-0.25, -0.2) is 0 Å². The Kier molecular flexibility index (Phi) is 5.55. The number of fused-ring (bicyclic) bond motifs is 1. The number of carboxylic acid groups (broad SMARTS) is 1. The van der Waals surface area contributed by atoms with Crippen molar-refractivity contribution in [1.29, 1.82) is 0 Å². The number of nitrogens with one attached hydrogen (secondary N) is 1. The van der Waals surface area contributed by atoms with Crippen molar-refractivity contribution >= 4 is 28.3 Å². The molecule has 0 radical (unpaired) electrons. The molecule has 0 aliphatic rings. The van der Waals surface area contributed by atoms with Gasteiger partial charge >= 0.3 is 29.6 Å². The average Bonchev–Trinajstić information content (AvgIpc) is 2.55. The number of carboxylic acids is 1. The van der Waals surface area contributed by atoms with E-state index in [0.717, 1.165) is 10.8 Å². The van der Waals surface area contributed by atoms with Gasteiger partial charge in [-0.05, 0) is 29.1 Å². The van der Waals surface area contributed by atoms with Gasteiger partial charge in [-0.15, -0.1) is 0 Å². The fraction of sp³-hybridized carbons (Fsp3) is 0. The zero-order chi connectivity index (χ0) is 15.5. The van der Waals surface area contributed by atoms with Crippen LogP contribution >= 0.6 is 0 Å². The van der Waals surface area contributed by atoms with Crippen molar-refractivity contribution < 1.29 is 44.3 Å². The Morgan fingerprint density at radius 1 is 0.783 bits per heavy atom. The molecule has 0 saturated carbocycles. The van der Waals surface area contributed by atoms with Crippen LogP contribution in [-0.2, 0) is 0 Å². The summed E-state index contributed by atoms with van der Waals surface area (Å²) in [6.45, 7) is 0. The third-order valence-electron chi connectivity index (χ3n) is 3.42. The van der Waals surface area contributed by atoms with Gasteiger partial charge in [0.15, 0.2) is 0 Å². The number of rotatable bonds is 3. The molecule has 1 N–H and O–H groups in total. The molecule has 5 heteroatoms. The Bertz CT molecular complexity index is 854. The Morgan fingerprint density at radius 2 is 1.39 bits per heavy atom. The molecule has 0 heterocycles. The van der Waals surface area contributed by atoms with Gasteiger partial charge in [-0.1, -0.05) is 48.5 Å². The quantitative estimate of drug-likeness (QED) is 0.660. The fourth-order valence-corrected chi connectivity index (χ4v) is 2.29. The third kappa shape index (κ3) is 3.79. The number of anilines is 1. The predicted molar refractivity (Wildman–Crippen MR) is 82.7 cm³/mol. The molecule has 0 fully saturated rings. The molecule has 0 spiro atoms. The van der Waals surface area contributed by atoms with Gasteiger partial charge in [-0.3, -0.25) is 4.79 Å². The maximum atomic E-state index is 12.3. The van der Waals surface area contributed by atoms with Crippen molar-refractivity contribution in [3.05, 3.63) is 77.9 Å². The van der Waals surface area contributed by atoms with Gasteiger partial charge < -0.3 is 15.2 Å². The molecule has 0 saturated heterocycles. The normalized spacial score (nSPS) is 9.91. The number of aromatic carboxylic acids is 1. The molecule has 3 aromatic carbocycles. The number of hydrogen-bond acceptors (Lipinski definition) is 3. The van der Waals surface area contributed by atoms with Crippen LogP contribution in [0.4, 0.5) is 5.69 Å². The summed E-state index contributed by atoms with van der Waals surface area (Å²) in [4.78, 5) is 23.0. The number of carbonyl (C=O) groups excluding carboxylic acids is 2. The van der Waals surface area contributed by atoms with Gasteiger partial charge in [0.1, 0.15) is 0 Å². The fourth-order valence-electron chi connectivity index (χ4n) is 2.29. The smallest absolute Gasteiger partial charge is 0.545 e. The maximum Gasteiger partial charge on any atom is 1.00 e. The summed E-state index contributed by atoms with van der Waals surface area (Å²) in [5, 5.41) is 15.5. The Labute approximate surface area is 155 Å². The third-order valence-corrected chi connectivity index (χ3v) is 3.42. The standard InChI is InChI=1S/C18H13NO3.Na/c20-17(13-8-10-14(11-9-13)18(21)22)19-16-7-3-5-12-4-1-2-6-15(12)16;/h1-11H,(H,19,20)(H,21,22);/q;+1/p-1. The number of hydrogen-bond donors (Lipinski definition) is 1. The molecule has 0 unspecified atom stereocenters. The molecule has 0 atom stereocenters. The minimum absolute atomic E-state index is 0. The molecule has 3 aromatic rings. The molecule has 108 valence electrons. The minimum atomic E-state index is -1.26. The second-order valence-corrected chi connectivity index (χ2v) is 4.85. The Balaban J connectivity index is 0.00000192. The first-order chi connectivity index (χ1) is 10.6. The second kappa shape index (κ2) is 7.42. The number of benzene rings is 3. The molecule has 1 amide bonds. The van der Waals surface area contributed by atoms with Crippen LogP contribution in [0.5, 0.6) is 0 Å². The molecule has 0 aliphatic carbocycles. The van der Waals surface area contributed by atoms with Crippen LogP contribution in [-0.4, -0.2) is 11.9 Å². The second-order valence-electron chi connectivity index (χ2n) is 4.85. The molecular weight excluding hydrogens is 301 g/mol. The van der Waals surface area contributed by atoms with Crippen LogP contribution in [0.25, 0.3) is 10.8 Å². The number of amides is 1. The molecule has 23 heavy (non-hydrogen) atoms. The van der Waals surface area contributed by atoms with Crippen molar-refractivity contribution in [2.24, 2.45) is 0 Å². The van der Waals surface area contributed by atoms with E-state index < -0.39 is 5.97 Å². The first kappa shape index (κ1) is 17.2. The summed E-state index contributed by atoms with van der Waals surface area (Å²) in [6, 6.07) is 19.1. The van der Waals surface area contributed by atoms with Gasteiger partial charge in [0, 0.05) is 16.6 Å². The van der Waals surface area contributed by atoms with Crippen LogP contribution in [0.1, 0.15) is 20.7 Å². The number of carbonyl (C=O) groups is 2. The summed E-state index contributed by atoms with van der Waals surface area (Å²) in [6.07, 6.45) is 0. The van der Waals surface area contributed by atoms with E-state index in [0.29, 0.717) is 11.3 Å². The molecule has 0 bridgehead atoms. The van der Waals surface area contributed by atoms with E-state index >= 15 is 0 Å². The van der Waals surface area contributed by atoms with Crippen LogP contribution in [0.15, 0.2) is 66.7 Å². The summed E-state index contributed by atoms with van der Waals surface area (Å²) in [5.74, 6) is -1.55. The van der Waals surface area contributed by atoms with E-state index in [1.165, 1.54) is 24.3 Å². The summed E-state index contributed by atoms with van der Waals surface area (Å²) in [7, 11) is 0. The van der Waals surface area contributed by atoms with Crippen molar-refractivity contribution in [2.75, 3.05) is 5.32 Å². The zero-order valence-corrected chi connectivity index (χ0v) is 14.6. The van der Waals surface area contributed by atoms with E-state index in [9.17, 15) is 14.7 Å². The zero-order valence-electron chi connectivity index (χ0n) is 12.6. The minimum Gasteiger partial charge on any atom is -0.545 e. The van der Waals surface area contributed by atoms with Crippen LogP contribution in [0, 0.1) is 0 Å². The van der Waals surface area contributed by atoms with Crippen LogP contribution in [0.3, 0.4) is 0 Å². The largest absolute Gasteiger partial charge is 1.00 e. The first-order valence-corrected chi connectivity index (χ1v) is 6.76. The monoisotopic (exact) mass is 313 g/mol. The Morgan fingerprint density at radius 3 is 2.09 bits per heavy atom. The molecule has 0 aliphatic heterocycles. The first-order valence-electron chi connectivity index (χ1n) is 6.76. The van der Waals surface area contributed by atoms with Gasteiger partial charge in [0.2, 0.25) is 0 Å². The van der Waals surface area contributed by atoms with E-state index in [-0.39, 0.29) is 41.0 Å². The van der Waals surface area contributed by atoms with Crippen molar-refractivity contribution in [3.63, 3.8) is 0 Å². The summed E-state index contributed by atoms with van der Waals surface area (Å²) in [5.41, 5.74) is 1.15. The van der Waals surface area contributed by atoms with Crippen LogP contribution < -0.4 is 40.0 Å². The molecule has 3 rings (SSSR count). The molecule has 4 nitrogen and oxygen atoms in total.